The highest BCUT2D eigenvalue weighted by Crippen LogP contribution is 2.45. The molecule has 2 aromatic rings. The summed E-state index contributed by atoms with van der Waals surface area (Å²) in [6, 6.07) is 7.34. The third-order valence-corrected chi connectivity index (χ3v) is 5.42. The van der Waals surface area contributed by atoms with Gasteiger partial charge in [0.05, 0.1) is 36.5 Å². The third kappa shape index (κ3) is 2.58. The first-order valence-electron chi connectivity index (χ1n) is 11.5. The molecule has 2 heterocycles. The quantitative estimate of drug-likeness (QED) is 0.835. The standard InChI is InChI=1S/C21H25NO4/c1-23-18-6-5-13-9-17-15-11-20(25-3)19(24-2)10-14(15)7-8-22(17)12-16(13)21(18)26-4/h5-6,10-11,17H,7-9,12H2,1-4H3/t17-/m0/s1/i1D3,4D3. The van der Waals surface area contributed by atoms with Crippen LogP contribution in [0, 0.1) is 0 Å². The normalized spacial score (nSPS) is 22.8. The second-order valence-corrected chi connectivity index (χ2v) is 6.58. The van der Waals surface area contributed by atoms with Crippen molar-refractivity contribution in [3.8, 4) is 23.0 Å². The minimum absolute atomic E-state index is 0.0322. The number of methoxy groups -OCH3 is 4. The molecular weight excluding hydrogens is 330 g/mol. The fraction of sp³-hybridized carbons (Fsp3) is 0.429. The van der Waals surface area contributed by atoms with Gasteiger partial charge in [-0.1, -0.05) is 6.07 Å². The van der Waals surface area contributed by atoms with Gasteiger partial charge in [-0.05, 0) is 47.7 Å². The molecule has 0 amide bonds. The smallest absolute Gasteiger partial charge is 0.165 e. The molecular formula is C21H25NO4. The lowest BCUT2D eigenvalue weighted by Crippen LogP contribution is -2.39. The topological polar surface area (TPSA) is 40.2 Å². The van der Waals surface area contributed by atoms with Gasteiger partial charge in [-0.15, -0.1) is 0 Å². The molecule has 2 aromatic carbocycles. The van der Waals surface area contributed by atoms with Gasteiger partial charge in [0.15, 0.2) is 23.0 Å². The Morgan fingerprint density at radius 3 is 2.54 bits per heavy atom. The highest BCUT2D eigenvalue weighted by Gasteiger charge is 2.34. The summed E-state index contributed by atoms with van der Waals surface area (Å²) in [7, 11) is -2.25. The summed E-state index contributed by atoms with van der Waals surface area (Å²) in [4.78, 5) is 2.24. The van der Waals surface area contributed by atoms with E-state index in [9.17, 15) is 0 Å². The summed E-state index contributed by atoms with van der Waals surface area (Å²) >= 11 is 0. The summed E-state index contributed by atoms with van der Waals surface area (Å²) in [5.74, 6) is 1.22. The van der Waals surface area contributed by atoms with Crippen molar-refractivity contribution < 1.29 is 27.2 Å². The molecule has 1 atom stereocenters. The van der Waals surface area contributed by atoms with Crippen LogP contribution in [0.2, 0.25) is 0 Å². The van der Waals surface area contributed by atoms with Crippen molar-refractivity contribution in [2.45, 2.75) is 25.4 Å². The number of benzene rings is 2. The predicted octanol–water partition coefficient (Wildman–Crippen LogP) is 3.38. The lowest BCUT2D eigenvalue weighted by molar-refractivity contribution is 0.157. The maximum atomic E-state index is 7.55. The number of fused-ring (bicyclic) bond motifs is 4. The van der Waals surface area contributed by atoms with Crippen molar-refractivity contribution in [2.75, 3.05) is 34.8 Å². The van der Waals surface area contributed by atoms with E-state index in [2.05, 4.69) is 4.90 Å². The molecule has 4 rings (SSSR count). The van der Waals surface area contributed by atoms with Gasteiger partial charge in [-0.3, -0.25) is 4.90 Å². The maximum Gasteiger partial charge on any atom is 0.165 e. The Balaban J connectivity index is 1.76. The van der Waals surface area contributed by atoms with E-state index in [1.54, 1.807) is 20.3 Å². The number of ether oxygens (including phenoxy) is 4. The zero-order valence-electron chi connectivity index (χ0n) is 20.8. The van der Waals surface area contributed by atoms with Crippen LogP contribution in [0.1, 0.15) is 36.5 Å². The maximum absolute atomic E-state index is 7.55. The van der Waals surface area contributed by atoms with Gasteiger partial charge < -0.3 is 18.9 Å². The van der Waals surface area contributed by atoms with E-state index in [1.165, 1.54) is 11.6 Å². The Kier molecular flexibility index (Phi) is 2.93. The molecule has 0 N–H and O–H groups in total. The zero-order chi connectivity index (χ0) is 23.3. The predicted molar refractivity (Wildman–Crippen MR) is 99.7 cm³/mol. The van der Waals surface area contributed by atoms with Crippen LogP contribution in [-0.2, 0) is 19.4 Å². The van der Waals surface area contributed by atoms with Gasteiger partial charge >= 0.3 is 0 Å². The van der Waals surface area contributed by atoms with E-state index in [4.69, 9.17) is 27.2 Å². The van der Waals surface area contributed by atoms with Gasteiger partial charge in [0.2, 0.25) is 0 Å². The Labute approximate surface area is 162 Å². The average molecular weight is 361 g/mol. The second kappa shape index (κ2) is 6.72. The van der Waals surface area contributed by atoms with Crippen LogP contribution >= 0.6 is 0 Å². The van der Waals surface area contributed by atoms with E-state index in [1.807, 2.05) is 12.1 Å². The van der Waals surface area contributed by atoms with E-state index >= 15 is 0 Å². The van der Waals surface area contributed by atoms with Crippen LogP contribution in [0.5, 0.6) is 23.0 Å². The molecule has 0 fully saturated rings. The third-order valence-electron chi connectivity index (χ3n) is 5.42. The minimum atomic E-state index is -2.74. The van der Waals surface area contributed by atoms with Crippen LogP contribution in [0.3, 0.4) is 0 Å². The van der Waals surface area contributed by atoms with E-state index in [-0.39, 0.29) is 17.5 Å². The molecule has 0 saturated carbocycles. The second-order valence-electron chi connectivity index (χ2n) is 6.58. The van der Waals surface area contributed by atoms with Gasteiger partial charge in [0, 0.05) is 24.7 Å². The summed E-state index contributed by atoms with van der Waals surface area (Å²) < 4.78 is 66.2. The van der Waals surface area contributed by atoms with Crippen LogP contribution in [0.25, 0.3) is 0 Å². The van der Waals surface area contributed by atoms with Gasteiger partial charge in [0.25, 0.3) is 0 Å². The fourth-order valence-electron chi connectivity index (χ4n) is 4.12. The summed E-state index contributed by atoms with van der Waals surface area (Å²) in [6.45, 7) is 1.17. The lowest BCUT2D eigenvalue weighted by Gasteiger charge is -2.42. The molecule has 0 aliphatic carbocycles. The van der Waals surface area contributed by atoms with Gasteiger partial charge in [0.1, 0.15) is 0 Å². The molecule has 0 radical (unpaired) electrons. The van der Waals surface area contributed by atoms with E-state index in [0.29, 0.717) is 30.0 Å². The molecule has 5 heteroatoms. The Morgan fingerprint density at radius 1 is 0.962 bits per heavy atom. The van der Waals surface area contributed by atoms with Crippen molar-refractivity contribution in [2.24, 2.45) is 0 Å². The van der Waals surface area contributed by atoms with Crippen molar-refractivity contribution in [1.29, 1.82) is 0 Å². The van der Waals surface area contributed by atoms with Crippen LogP contribution in [-0.4, -0.2) is 39.7 Å². The fourth-order valence-corrected chi connectivity index (χ4v) is 4.12. The highest BCUT2D eigenvalue weighted by atomic mass is 16.5. The van der Waals surface area contributed by atoms with Gasteiger partial charge in [-0.2, -0.15) is 0 Å². The van der Waals surface area contributed by atoms with E-state index in [0.717, 1.165) is 24.1 Å². The minimum Gasteiger partial charge on any atom is -0.493 e. The molecule has 2 aliphatic heterocycles. The summed E-state index contributed by atoms with van der Waals surface area (Å²) in [6.07, 6.45) is 1.41. The molecule has 0 aromatic heterocycles. The molecule has 0 spiro atoms. The van der Waals surface area contributed by atoms with Crippen molar-refractivity contribution in [3.05, 3.63) is 46.5 Å². The number of rotatable bonds is 4. The zero-order valence-corrected chi connectivity index (χ0v) is 14.8. The highest BCUT2D eigenvalue weighted by molar-refractivity contribution is 5.54. The summed E-state index contributed by atoms with van der Waals surface area (Å²) in [5, 5.41) is 0. The average Bonchev–Trinajstić information content (AvgIpc) is 2.71. The molecule has 2 aliphatic rings. The first-order chi connectivity index (χ1) is 15.0. The SMILES string of the molecule is [2H]C([2H])([2H])Oc1ccc2c(c1OC([2H])([2H])[2H])CN1CCc3cc(OC)c(OC)cc3[C@@H]1C2. The Bertz CT molecular complexity index is 1020. The Hall–Kier alpha value is -2.40. The van der Waals surface area contributed by atoms with E-state index < -0.39 is 14.1 Å². The lowest BCUT2D eigenvalue weighted by atomic mass is 9.83. The number of hydrogen-bond acceptors (Lipinski definition) is 5. The summed E-state index contributed by atoms with van der Waals surface area (Å²) in [5.41, 5.74) is 3.86. The van der Waals surface area contributed by atoms with Crippen LogP contribution in [0.4, 0.5) is 0 Å². The first kappa shape index (κ1) is 11.3. The van der Waals surface area contributed by atoms with Crippen LogP contribution in [0.15, 0.2) is 24.3 Å². The van der Waals surface area contributed by atoms with Crippen LogP contribution < -0.4 is 18.9 Å². The molecule has 26 heavy (non-hydrogen) atoms. The van der Waals surface area contributed by atoms with Crippen molar-refractivity contribution in [3.63, 3.8) is 0 Å². The monoisotopic (exact) mass is 361 g/mol. The number of hydrogen-bond donors (Lipinski definition) is 0. The Morgan fingerprint density at radius 2 is 1.77 bits per heavy atom. The first-order valence-corrected chi connectivity index (χ1v) is 8.50. The molecule has 0 saturated heterocycles. The number of nitrogens with zero attached hydrogens (tertiary/aromatic N) is 1. The van der Waals surface area contributed by atoms with Crippen molar-refractivity contribution >= 4 is 0 Å². The largest absolute Gasteiger partial charge is 0.493 e. The van der Waals surface area contributed by atoms with Gasteiger partial charge in [-0.25, -0.2) is 0 Å². The van der Waals surface area contributed by atoms with Crippen molar-refractivity contribution in [1.82, 2.24) is 4.90 Å². The molecule has 0 unspecified atom stereocenters. The molecule has 0 bridgehead atoms. The molecule has 138 valence electrons. The molecule has 5 nitrogen and oxygen atoms in total.